The number of fused-ring (bicyclic) bond motifs is 2. The summed E-state index contributed by atoms with van der Waals surface area (Å²) < 4.78 is 17.5. The molecule has 0 aliphatic heterocycles. The molecule has 0 amide bonds. The van der Waals surface area contributed by atoms with Crippen molar-refractivity contribution in [3.05, 3.63) is 73.1 Å². The van der Waals surface area contributed by atoms with Crippen LogP contribution in [-0.4, -0.2) is 46.2 Å². The summed E-state index contributed by atoms with van der Waals surface area (Å²) in [6, 6.07) is 19.7. The molecule has 0 aliphatic rings. The summed E-state index contributed by atoms with van der Waals surface area (Å²) in [6.45, 7) is 0. The molecule has 0 unspecified atom stereocenters. The standard InChI is InChI=1S/2C9H7NO.2Ga.O/c2*11-8-5-1-3-7-4-2-6-10-9(7)8;;;/h2*1-6,11H;;;/q;;2*+1;/p-2. The van der Waals surface area contributed by atoms with Gasteiger partial charge in [-0.2, -0.15) is 0 Å². The maximum atomic E-state index is 5.86. The van der Waals surface area contributed by atoms with Gasteiger partial charge in [0.25, 0.3) is 0 Å². The van der Waals surface area contributed by atoms with Gasteiger partial charge in [0, 0.05) is 0 Å². The van der Waals surface area contributed by atoms with Crippen molar-refractivity contribution in [1.29, 1.82) is 0 Å². The van der Waals surface area contributed by atoms with Gasteiger partial charge < -0.3 is 0 Å². The molecule has 0 saturated heterocycles. The van der Waals surface area contributed by atoms with Crippen LogP contribution in [0.15, 0.2) is 73.1 Å². The normalized spacial score (nSPS) is 10.6. The second kappa shape index (κ2) is 7.98. The van der Waals surface area contributed by atoms with Crippen molar-refractivity contribution < 1.29 is 9.38 Å². The summed E-state index contributed by atoms with van der Waals surface area (Å²) in [5.74, 6) is 1.56. The molecular weight excluding hydrogens is 432 g/mol. The van der Waals surface area contributed by atoms with E-state index in [0.717, 1.165) is 33.3 Å². The first-order valence-corrected chi connectivity index (χ1v) is 11.7. The van der Waals surface area contributed by atoms with Gasteiger partial charge >= 0.3 is 162 Å². The minimum absolute atomic E-state index is 0.780. The molecule has 0 aliphatic carbocycles. The number of hydrogen-bond acceptors (Lipinski definition) is 5. The first-order chi connectivity index (χ1) is 12.4. The maximum absolute atomic E-state index is 5.86. The van der Waals surface area contributed by atoms with Crippen LogP contribution in [0.5, 0.6) is 11.5 Å². The van der Waals surface area contributed by atoms with Crippen molar-refractivity contribution in [3.63, 3.8) is 0 Å². The molecular formula is C18H12Ga2N2O3. The Bertz CT molecular complexity index is 922. The van der Waals surface area contributed by atoms with Crippen molar-refractivity contribution >= 4 is 58.1 Å². The van der Waals surface area contributed by atoms with Crippen molar-refractivity contribution in [2.24, 2.45) is 0 Å². The van der Waals surface area contributed by atoms with Gasteiger partial charge in [0.05, 0.1) is 0 Å². The molecule has 118 valence electrons. The molecule has 2 radical (unpaired) electrons. The molecule has 0 spiro atoms. The average Bonchev–Trinajstić information content (AvgIpc) is 2.68. The second-order valence-corrected chi connectivity index (χ2v) is 10.6. The van der Waals surface area contributed by atoms with E-state index in [9.17, 15) is 0 Å². The average molecular weight is 444 g/mol. The van der Waals surface area contributed by atoms with Gasteiger partial charge in [-0.3, -0.25) is 0 Å². The van der Waals surface area contributed by atoms with Crippen molar-refractivity contribution in [3.8, 4) is 11.5 Å². The number of aromatic nitrogens is 2. The van der Waals surface area contributed by atoms with Gasteiger partial charge in [0.15, 0.2) is 0 Å². The topological polar surface area (TPSA) is 53.5 Å². The summed E-state index contributed by atoms with van der Waals surface area (Å²) >= 11 is -2.64. The summed E-state index contributed by atoms with van der Waals surface area (Å²) in [5, 5.41) is 2.13. The van der Waals surface area contributed by atoms with E-state index in [1.54, 1.807) is 12.4 Å². The fraction of sp³-hybridized carbons (Fsp3) is 0. The fourth-order valence-corrected chi connectivity index (χ4v) is 5.79. The SMILES string of the molecule is c1cnc2c([O][Ga][O][Ga][O]c3cccc4cccnc34)cccc2c1. The van der Waals surface area contributed by atoms with Gasteiger partial charge in [-0.05, 0) is 0 Å². The van der Waals surface area contributed by atoms with Gasteiger partial charge in [-0.15, -0.1) is 0 Å². The Kier molecular flexibility index (Phi) is 5.29. The summed E-state index contributed by atoms with van der Waals surface area (Å²) in [6.07, 6.45) is 3.54. The zero-order valence-electron chi connectivity index (χ0n) is 13.2. The van der Waals surface area contributed by atoms with Crippen LogP contribution in [0.3, 0.4) is 0 Å². The van der Waals surface area contributed by atoms with E-state index in [2.05, 4.69) is 9.97 Å². The van der Waals surface area contributed by atoms with Gasteiger partial charge in [-0.25, -0.2) is 0 Å². The molecule has 0 atom stereocenters. The monoisotopic (exact) mass is 442 g/mol. The summed E-state index contributed by atoms with van der Waals surface area (Å²) in [7, 11) is 0. The van der Waals surface area contributed by atoms with Crippen LogP contribution in [-0.2, 0) is 2.32 Å². The van der Waals surface area contributed by atoms with Crippen LogP contribution in [0.1, 0.15) is 0 Å². The van der Waals surface area contributed by atoms with E-state index >= 15 is 0 Å². The van der Waals surface area contributed by atoms with E-state index in [-0.39, 0.29) is 0 Å². The van der Waals surface area contributed by atoms with Crippen molar-refractivity contribution in [1.82, 2.24) is 9.97 Å². The third-order valence-corrected chi connectivity index (χ3v) is 8.01. The molecule has 0 bridgehead atoms. The number of para-hydroxylation sites is 2. The summed E-state index contributed by atoms with van der Waals surface area (Å²) in [4.78, 5) is 8.76. The van der Waals surface area contributed by atoms with Crippen LogP contribution in [0.2, 0.25) is 0 Å². The first kappa shape index (κ1) is 16.6. The van der Waals surface area contributed by atoms with Crippen molar-refractivity contribution in [2.45, 2.75) is 0 Å². The number of benzene rings is 2. The zero-order chi connectivity index (χ0) is 16.9. The number of hydrogen-bond donors (Lipinski definition) is 0. The van der Waals surface area contributed by atoms with Crippen LogP contribution >= 0.6 is 0 Å². The van der Waals surface area contributed by atoms with Crippen LogP contribution in [0.25, 0.3) is 21.8 Å². The van der Waals surface area contributed by atoms with Gasteiger partial charge in [0.2, 0.25) is 0 Å². The second-order valence-electron chi connectivity index (χ2n) is 5.23. The Morgan fingerprint density at radius 1 is 0.600 bits per heavy atom. The molecule has 5 nitrogen and oxygen atoms in total. The Morgan fingerprint density at radius 3 is 1.60 bits per heavy atom. The molecule has 0 N–H and O–H groups in total. The molecule has 4 rings (SSSR count). The molecule has 2 aromatic carbocycles. The van der Waals surface area contributed by atoms with Crippen LogP contribution in [0.4, 0.5) is 0 Å². The predicted octanol–water partition coefficient (Wildman–Crippen LogP) is 3.33. The van der Waals surface area contributed by atoms with E-state index in [4.69, 9.17) is 9.38 Å². The molecule has 2 aromatic heterocycles. The van der Waals surface area contributed by atoms with E-state index in [1.807, 2.05) is 60.7 Å². The van der Waals surface area contributed by atoms with Crippen LogP contribution < -0.4 is 7.06 Å². The zero-order valence-corrected chi connectivity index (χ0v) is 18.0. The number of nitrogens with zero attached hydrogens (tertiary/aromatic N) is 2. The minimum atomic E-state index is -1.32. The third kappa shape index (κ3) is 3.86. The Hall–Kier alpha value is -1.91. The van der Waals surface area contributed by atoms with Crippen molar-refractivity contribution in [2.75, 3.05) is 0 Å². The quantitative estimate of drug-likeness (QED) is 0.338. The van der Waals surface area contributed by atoms with E-state index in [0.29, 0.717) is 0 Å². The van der Waals surface area contributed by atoms with E-state index < -0.39 is 36.3 Å². The third-order valence-electron chi connectivity index (χ3n) is 3.65. The van der Waals surface area contributed by atoms with Gasteiger partial charge in [0.1, 0.15) is 0 Å². The predicted molar refractivity (Wildman–Crippen MR) is 97.3 cm³/mol. The fourth-order valence-electron chi connectivity index (χ4n) is 2.52. The van der Waals surface area contributed by atoms with E-state index in [1.165, 1.54) is 0 Å². The Labute approximate surface area is 161 Å². The van der Waals surface area contributed by atoms with Crippen LogP contribution in [0, 0.1) is 0 Å². The molecule has 4 aromatic rings. The summed E-state index contributed by atoms with van der Waals surface area (Å²) in [5.41, 5.74) is 1.74. The molecule has 0 saturated carbocycles. The van der Waals surface area contributed by atoms with Gasteiger partial charge in [-0.1, -0.05) is 0 Å². The molecule has 25 heavy (non-hydrogen) atoms. The Balaban J connectivity index is 1.35. The number of rotatable bonds is 6. The molecule has 7 heteroatoms. The Morgan fingerprint density at radius 2 is 1.08 bits per heavy atom. The molecule has 2 heterocycles. The molecule has 0 fully saturated rings. The first-order valence-electron chi connectivity index (χ1n) is 7.71. The number of pyridine rings is 2.